The molecule has 0 saturated carbocycles. The van der Waals surface area contributed by atoms with Gasteiger partial charge < -0.3 is 4.74 Å². The molecule has 1 aliphatic rings. The van der Waals surface area contributed by atoms with E-state index < -0.39 is 11.7 Å². The van der Waals surface area contributed by atoms with Gasteiger partial charge in [0.05, 0.1) is 11.6 Å². The third kappa shape index (κ3) is 2.15. The summed E-state index contributed by atoms with van der Waals surface area (Å²) >= 11 is 0. The van der Waals surface area contributed by atoms with Crippen LogP contribution >= 0.6 is 0 Å². The molecule has 1 aliphatic heterocycles. The summed E-state index contributed by atoms with van der Waals surface area (Å²) in [7, 11) is 0. The molecule has 0 bridgehead atoms. The Morgan fingerprint density at radius 1 is 1.44 bits per heavy atom. The highest BCUT2D eigenvalue weighted by Gasteiger charge is 2.31. The monoisotopic (exact) mass is 230 g/mol. The Bertz CT molecular complexity index is 428. The molecular formula is C10H9F3N2O. The van der Waals surface area contributed by atoms with Crippen LogP contribution in [0.5, 0.6) is 0 Å². The third-order valence-electron chi connectivity index (χ3n) is 2.11. The second-order valence-electron chi connectivity index (χ2n) is 3.52. The molecule has 0 saturated heterocycles. The maximum atomic E-state index is 12.4. The van der Waals surface area contributed by atoms with Crippen LogP contribution in [0.2, 0.25) is 0 Å². The molecule has 1 atom stereocenters. The molecule has 3 nitrogen and oxygen atoms in total. The molecule has 0 fully saturated rings. The molecule has 6 heteroatoms. The number of hydrogen-bond donors (Lipinski definition) is 0. The van der Waals surface area contributed by atoms with Crippen LogP contribution in [-0.4, -0.2) is 23.5 Å². The first-order chi connectivity index (χ1) is 7.47. The van der Waals surface area contributed by atoms with Crippen LogP contribution in [0.1, 0.15) is 18.2 Å². The largest absolute Gasteiger partial charge is 0.474 e. The van der Waals surface area contributed by atoms with Crippen molar-refractivity contribution in [1.82, 2.24) is 4.98 Å². The van der Waals surface area contributed by atoms with Crippen LogP contribution in [0.4, 0.5) is 13.2 Å². The number of alkyl halides is 3. The fourth-order valence-electron chi connectivity index (χ4n) is 1.34. The Kier molecular flexibility index (Phi) is 2.57. The Morgan fingerprint density at radius 3 is 2.75 bits per heavy atom. The molecule has 0 aliphatic carbocycles. The molecule has 0 aromatic carbocycles. The van der Waals surface area contributed by atoms with Gasteiger partial charge >= 0.3 is 6.18 Å². The maximum absolute atomic E-state index is 12.4. The van der Waals surface area contributed by atoms with Crippen molar-refractivity contribution < 1.29 is 17.9 Å². The summed E-state index contributed by atoms with van der Waals surface area (Å²) in [4.78, 5) is 7.86. The van der Waals surface area contributed by atoms with Crippen LogP contribution in [0.15, 0.2) is 23.3 Å². The number of aromatic nitrogens is 1. The first kappa shape index (κ1) is 10.9. The second-order valence-corrected chi connectivity index (χ2v) is 3.52. The van der Waals surface area contributed by atoms with Gasteiger partial charge in [-0.2, -0.15) is 13.2 Å². The number of ether oxygens (including phenoxy) is 1. The van der Waals surface area contributed by atoms with E-state index in [1.807, 2.05) is 6.92 Å². The van der Waals surface area contributed by atoms with Crippen molar-refractivity contribution in [2.75, 3.05) is 6.61 Å². The van der Waals surface area contributed by atoms with Crippen molar-refractivity contribution in [3.63, 3.8) is 0 Å². The number of hydrogen-bond acceptors (Lipinski definition) is 3. The lowest BCUT2D eigenvalue weighted by Gasteiger charge is -2.07. The molecule has 86 valence electrons. The molecule has 16 heavy (non-hydrogen) atoms. The van der Waals surface area contributed by atoms with Gasteiger partial charge in [0, 0.05) is 6.20 Å². The highest BCUT2D eigenvalue weighted by atomic mass is 19.4. The van der Waals surface area contributed by atoms with Gasteiger partial charge in [0.1, 0.15) is 12.3 Å². The minimum atomic E-state index is -4.37. The Labute approximate surface area is 90.0 Å². The minimum absolute atomic E-state index is 0.0358. The summed E-state index contributed by atoms with van der Waals surface area (Å²) in [5.74, 6) is 0.179. The van der Waals surface area contributed by atoms with Crippen LogP contribution in [-0.2, 0) is 10.9 Å². The van der Waals surface area contributed by atoms with E-state index in [0.717, 1.165) is 18.3 Å². The lowest BCUT2D eigenvalue weighted by Crippen LogP contribution is -2.09. The van der Waals surface area contributed by atoms with Gasteiger partial charge in [-0.1, -0.05) is 0 Å². The molecule has 0 amide bonds. The van der Waals surface area contributed by atoms with Crippen LogP contribution in [0.3, 0.4) is 0 Å². The SMILES string of the molecule is C[C@H]1COC(c2cc(C(F)(F)F)ccn2)=N1. The molecule has 0 spiro atoms. The molecule has 0 N–H and O–H groups in total. The molecule has 1 aromatic rings. The molecule has 2 rings (SSSR count). The molecular weight excluding hydrogens is 221 g/mol. The summed E-state index contributed by atoms with van der Waals surface area (Å²) in [5, 5.41) is 0. The number of pyridine rings is 1. The first-order valence-electron chi connectivity index (χ1n) is 4.71. The summed E-state index contributed by atoms with van der Waals surface area (Å²) in [6.07, 6.45) is -3.27. The van der Waals surface area contributed by atoms with Crippen molar-refractivity contribution in [2.24, 2.45) is 4.99 Å². The molecule has 1 aromatic heterocycles. The predicted octanol–water partition coefficient (Wildman–Crippen LogP) is 2.27. The van der Waals surface area contributed by atoms with E-state index in [1.165, 1.54) is 0 Å². The van der Waals surface area contributed by atoms with E-state index in [-0.39, 0.29) is 17.6 Å². The average molecular weight is 230 g/mol. The van der Waals surface area contributed by atoms with Gasteiger partial charge in [0.25, 0.3) is 0 Å². The number of aliphatic imine (C=N–C) groups is 1. The van der Waals surface area contributed by atoms with Crippen molar-refractivity contribution in [3.05, 3.63) is 29.6 Å². The Balaban J connectivity index is 2.33. The van der Waals surface area contributed by atoms with Crippen molar-refractivity contribution >= 4 is 5.90 Å². The molecule has 0 unspecified atom stereocenters. The zero-order valence-electron chi connectivity index (χ0n) is 8.45. The lowest BCUT2D eigenvalue weighted by molar-refractivity contribution is -0.137. The molecule has 2 heterocycles. The summed E-state index contributed by atoms with van der Waals surface area (Å²) in [6, 6.07) is 1.82. The van der Waals surface area contributed by atoms with E-state index >= 15 is 0 Å². The van der Waals surface area contributed by atoms with Gasteiger partial charge in [-0.25, -0.2) is 4.99 Å². The fourth-order valence-corrected chi connectivity index (χ4v) is 1.34. The minimum Gasteiger partial charge on any atom is -0.474 e. The predicted molar refractivity (Wildman–Crippen MR) is 51.2 cm³/mol. The van der Waals surface area contributed by atoms with Gasteiger partial charge in [0.15, 0.2) is 0 Å². The maximum Gasteiger partial charge on any atom is 0.416 e. The topological polar surface area (TPSA) is 34.5 Å². The van der Waals surface area contributed by atoms with Gasteiger partial charge in [-0.15, -0.1) is 0 Å². The van der Waals surface area contributed by atoms with Crippen molar-refractivity contribution in [1.29, 1.82) is 0 Å². The zero-order chi connectivity index (χ0) is 11.8. The second kappa shape index (κ2) is 3.77. The fraction of sp³-hybridized carbons (Fsp3) is 0.400. The normalized spacial score (nSPS) is 20.5. The average Bonchev–Trinajstić information content (AvgIpc) is 2.64. The van der Waals surface area contributed by atoms with Crippen LogP contribution in [0, 0.1) is 0 Å². The third-order valence-corrected chi connectivity index (χ3v) is 2.11. The van der Waals surface area contributed by atoms with Crippen molar-refractivity contribution in [2.45, 2.75) is 19.1 Å². The number of nitrogens with zero attached hydrogens (tertiary/aromatic N) is 2. The number of halogens is 3. The summed E-state index contributed by atoms with van der Waals surface area (Å²) in [6.45, 7) is 2.20. The highest BCUT2D eigenvalue weighted by Crippen LogP contribution is 2.29. The number of rotatable bonds is 1. The van der Waals surface area contributed by atoms with E-state index in [0.29, 0.717) is 6.61 Å². The van der Waals surface area contributed by atoms with E-state index in [1.54, 1.807) is 0 Å². The first-order valence-corrected chi connectivity index (χ1v) is 4.71. The standard InChI is InChI=1S/C10H9F3N2O/c1-6-5-16-9(15-6)8-4-7(2-3-14-8)10(11,12)13/h2-4,6H,5H2,1H3/t6-/m0/s1. The van der Waals surface area contributed by atoms with Gasteiger partial charge in [-0.3, -0.25) is 4.98 Å². The van der Waals surface area contributed by atoms with Crippen molar-refractivity contribution in [3.8, 4) is 0 Å². The zero-order valence-corrected chi connectivity index (χ0v) is 8.45. The van der Waals surface area contributed by atoms with E-state index in [9.17, 15) is 13.2 Å². The lowest BCUT2D eigenvalue weighted by atomic mass is 10.2. The van der Waals surface area contributed by atoms with Crippen LogP contribution in [0.25, 0.3) is 0 Å². The van der Waals surface area contributed by atoms with E-state index in [4.69, 9.17) is 4.74 Å². The van der Waals surface area contributed by atoms with Gasteiger partial charge in [-0.05, 0) is 19.1 Å². The summed E-state index contributed by atoms with van der Waals surface area (Å²) < 4.78 is 42.4. The smallest absolute Gasteiger partial charge is 0.416 e. The molecule has 0 radical (unpaired) electrons. The van der Waals surface area contributed by atoms with E-state index in [2.05, 4.69) is 9.98 Å². The van der Waals surface area contributed by atoms with Gasteiger partial charge in [0.2, 0.25) is 5.90 Å². The highest BCUT2D eigenvalue weighted by molar-refractivity contribution is 5.93. The Morgan fingerprint density at radius 2 is 2.19 bits per heavy atom. The summed E-state index contributed by atoms with van der Waals surface area (Å²) in [5.41, 5.74) is -0.623. The quantitative estimate of drug-likeness (QED) is 0.741. The Hall–Kier alpha value is -1.59. The van der Waals surface area contributed by atoms with Crippen LogP contribution < -0.4 is 0 Å².